The largest absolute Gasteiger partial charge is 0.494 e. The predicted molar refractivity (Wildman–Crippen MR) is 96.6 cm³/mol. The smallest absolute Gasteiger partial charge is 0.362 e. The zero-order valence-electron chi connectivity index (χ0n) is 12.8. The lowest BCUT2D eigenvalue weighted by molar-refractivity contribution is 0.340. The molecule has 0 aliphatic rings. The van der Waals surface area contributed by atoms with E-state index < -0.39 is 5.63 Å². The van der Waals surface area contributed by atoms with E-state index in [4.69, 9.17) is 32.4 Å². The van der Waals surface area contributed by atoms with E-state index in [1.807, 2.05) is 31.2 Å². The molecule has 0 saturated carbocycles. The highest BCUT2D eigenvalue weighted by Gasteiger charge is 2.08. The maximum absolute atomic E-state index is 12.0. The van der Waals surface area contributed by atoms with E-state index in [1.54, 1.807) is 18.2 Å². The Morgan fingerprint density at radius 2 is 2.00 bits per heavy atom. The Labute approximate surface area is 148 Å². The highest BCUT2D eigenvalue weighted by molar-refractivity contribution is 6.51. The molecule has 0 bridgehead atoms. The van der Waals surface area contributed by atoms with E-state index in [-0.39, 0.29) is 5.69 Å². The fourth-order valence-corrected chi connectivity index (χ4v) is 2.56. The lowest BCUT2D eigenvalue weighted by Crippen LogP contribution is -2.06. The Morgan fingerprint density at radius 3 is 2.71 bits per heavy atom. The maximum Gasteiger partial charge on any atom is 0.362 e. The summed E-state index contributed by atoms with van der Waals surface area (Å²) in [6, 6.07) is 12.1. The summed E-state index contributed by atoms with van der Waals surface area (Å²) in [5, 5.41) is 0.885. The van der Waals surface area contributed by atoms with Gasteiger partial charge < -0.3 is 9.15 Å². The van der Waals surface area contributed by atoms with Crippen molar-refractivity contribution in [2.45, 2.75) is 6.92 Å². The van der Waals surface area contributed by atoms with Crippen molar-refractivity contribution in [3.63, 3.8) is 0 Å². The van der Waals surface area contributed by atoms with Gasteiger partial charge >= 0.3 is 5.63 Å². The summed E-state index contributed by atoms with van der Waals surface area (Å²) >= 11 is 12.2. The standard InChI is InChI=1S/C18H13Cl2NO3/c1-2-23-13-6-3-11(4-7-13)14(20)10-16-18(22)24-17-8-5-12(19)9-15(17)21-16/h3-10H,2H2,1H3/b14-10-. The molecule has 0 radical (unpaired) electrons. The van der Waals surface area contributed by atoms with Crippen molar-refractivity contribution >= 4 is 45.4 Å². The van der Waals surface area contributed by atoms with Gasteiger partial charge in [-0.1, -0.05) is 23.2 Å². The third-order valence-electron chi connectivity index (χ3n) is 3.28. The van der Waals surface area contributed by atoms with Crippen LogP contribution in [0.1, 0.15) is 18.2 Å². The molecule has 2 aromatic carbocycles. The summed E-state index contributed by atoms with van der Waals surface area (Å²) in [4.78, 5) is 16.3. The molecule has 0 amide bonds. The number of ether oxygens (including phenoxy) is 1. The quantitative estimate of drug-likeness (QED) is 0.657. The first-order chi connectivity index (χ1) is 11.6. The summed E-state index contributed by atoms with van der Waals surface area (Å²) in [5.41, 5.74) is 1.16. The molecule has 0 aliphatic carbocycles. The summed E-state index contributed by atoms with van der Waals surface area (Å²) in [6.45, 7) is 2.51. The highest BCUT2D eigenvalue weighted by Crippen LogP contribution is 2.24. The molecule has 122 valence electrons. The van der Waals surface area contributed by atoms with Crippen LogP contribution in [-0.2, 0) is 0 Å². The fourth-order valence-electron chi connectivity index (χ4n) is 2.16. The van der Waals surface area contributed by atoms with E-state index in [0.29, 0.717) is 27.8 Å². The van der Waals surface area contributed by atoms with Crippen LogP contribution < -0.4 is 10.4 Å². The molecular weight excluding hydrogens is 349 g/mol. The van der Waals surface area contributed by atoms with Crippen molar-refractivity contribution < 1.29 is 9.15 Å². The molecule has 6 heteroatoms. The van der Waals surface area contributed by atoms with Crippen molar-refractivity contribution in [3.8, 4) is 5.75 Å². The summed E-state index contributed by atoms with van der Waals surface area (Å²) in [5.74, 6) is 0.753. The third-order valence-corrected chi connectivity index (χ3v) is 3.84. The van der Waals surface area contributed by atoms with Crippen LogP contribution in [0.4, 0.5) is 0 Å². The molecule has 3 rings (SSSR count). The number of hydrogen-bond acceptors (Lipinski definition) is 4. The van der Waals surface area contributed by atoms with Gasteiger partial charge in [0.2, 0.25) is 0 Å². The second-order valence-corrected chi connectivity index (χ2v) is 5.79. The lowest BCUT2D eigenvalue weighted by atomic mass is 10.2. The van der Waals surface area contributed by atoms with Gasteiger partial charge in [-0.25, -0.2) is 9.78 Å². The normalized spacial score (nSPS) is 11.7. The van der Waals surface area contributed by atoms with Gasteiger partial charge in [0.05, 0.1) is 11.6 Å². The summed E-state index contributed by atoms with van der Waals surface area (Å²) in [7, 11) is 0. The third kappa shape index (κ3) is 3.61. The number of aromatic nitrogens is 1. The van der Waals surface area contributed by atoms with Crippen LogP contribution in [0.15, 0.2) is 51.7 Å². The summed E-state index contributed by atoms with van der Waals surface area (Å²) < 4.78 is 10.6. The molecule has 24 heavy (non-hydrogen) atoms. The van der Waals surface area contributed by atoms with Crippen LogP contribution in [0.2, 0.25) is 5.02 Å². The Balaban J connectivity index is 1.98. The van der Waals surface area contributed by atoms with Gasteiger partial charge in [-0.05, 0) is 61.0 Å². The molecular formula is C18H13Cl2NO3. The van der Waals surface area contributed by atoms with Gasteiger partial charge in [-0.15, -0.1) is 0 Å². The van der Waals surface area contributed by atoms with Crippen molar-refractivity contribution in [1.82, 2.24) is 4.98 Å². The van der Waals surface area contributed by atoms with Gasteiger partial charge in [0.1, 0.15) is 11.3 Å². The molecule has 0 fully saturated rings. The van der Waals surface area contributed by atoms with E-state index >= 15 is 0 Å². The molecule has 1 aromatic heterocycles. The second-order valence-electron chi connectivity index (χ2n) is 4.95. The second kappa shape index (κ2) is 7.07. The van der Waals surface area contributed by atoms with Crippen LogP contribution in [0, 0.1) is 0 Å². The average Bonchev–Trinajstić information content (AvgIpc) is 2.57. The Bertz CT molecular complexity index is 962. The molecule has 0 spiro atoms. The van der Waals surface area contributed by atoms with Crippen molar-refractivity contribution in [1.29, 1.82) is 0 Å². The molecule has 0 saturated heterocycles. The fraction of sp³-hybridized carbons (Fsp3) is 0.111. The van der Waals surface area contributed by atoms with Crippen LogP contribution in [0.5, 0.6) is 5.75 Å². The predicted octanol–water partition coefficient (Wildman–Crippen LogP) is 4.98. The van der Waals surface area contributed by atoms with Gasteiger partial charge in [-0.2, -0.15) is 0 Å². The maximum atomic E-state index is 12.0. The zero-order valence-corrected chi connectivity index (χ0v) is 14.3. The minimum atomic E-state index is -0.561. The van der Waals surface area contributed by atoms with Crippen LogP contribution in [-0.4, -0.2) is 11.6 Å². The molecule has 0 atom stereocenters. The summed E-state index contributed by atoms with van der Waals surface area (Å²) in [6.07, 6.45) is 1.48. The van der Waals surface area contributed by atoms with Crippen molar-refractivity contribution in [2.75, 3.05) is 6.61 Å². The first kappa shape index (κ1) is 16.6. The first-order valence-corrected chi connectivity index (χ1v) is 8.03. The molecule has 0 N–H and O–H groups in total. The Morgan fingerprint density at radius 1 is 1.25 bits per heavy atom. The highest BCUT2D eigenvalue weighted by atomic mass is 35.5. The van der Waals surface area contributed by atoms with Gasteiger partial charge in [0.15, 0.2) is 11.3 Å². The number of benzene rings is 2. The number of nitrogens with zero attached hydrogens (tertiary/aromatic N) is 1. The zero-order chi connectivity index (χ0) is 17.1. The lowest BCUT2D eigenvalue weighted by Gasteiger charge is -2.04. The van der Waals surface area contributed by atoms with Gasteiger partial charge in [-0.3, -0.25) is 0 Å². The minimum Gasteiger partial charge on any atom is -0.494 e. The van der Waals surface area contributed by atoms with Gasteiger partial charge in [0, 0.05) is 5.02 Å². The number of fused-ring (bicyclic) bond motifs is 1. The SMILES string of the molecule is CCOc1ccc(/C(Cl)=C/c2nc3cc(Cl)ccc3oc2=O)cc1. The van der Waals surface area contributed by atoms with E-state index in [0.717, 1.165) is 11.3 Å². The number of rotatable bonds is 4. The molecule has 1 heterocycles. The van der Waals surface area contributed by atoms with Crippen LogP contribution in [0.25, 0.3) is 22.2 Å². The monoisotopic (exact) mass is 361 g/mol. The van der Waals surface area contributed by atoms with Crippen LogP contribution >= 0.6 is 23.2 Å². The van der Waals surface area contributed by atoms with E-state index in [9.17, 15) is 4.79 Å². The Kier molecular flexibility index (Phi) is 4.88. The van der Waals surface area contributed by atoms with Crippen molar-refractivity contribution in [3.05, 3.63) is 69.2 Å². The molecule has 3 aromatic rings. The molecule has 0 unspecified atom stereocenters. The van der Waals surface area contributed by atoms with E-state index in [2.05, 4.69) is 4.98 Å². The topological polar surface area (TPSA) is 52.3 Å². The number of hydrogen-bond donors (Lipinski definition) is 0. The van der Waals surface area contributed by atoms with Crippen LogP contribution in [0.3, 0.4) is 0 Å². The minimum absolute atomic E-state index is 0.114. The van der Waals surface area contributed by atoms with E-state index in [1.165, 1.54) is 6.08 Å². The van der Waals surface area contributed by atoms with Crippen molar-refractivity contribution in [2.24, 2.45) is 0 Å². The molecule has 4 nitrogen and oxygen atoms in total. The Hall–Kier alpha value is -2.30. The first-order valence-electron chi connectivity index (χ1n) is 7.27. The number of halogens is 2. The average molecular weight is 362 g/mol. The van der Waals surface area contributed by atoms with Gasteiger partial charge in [0.25, 0.3) is 0 Å². The molecule has 0 aliphatic heterocycles.